The van der Waals surface area contributed by atoms with E-state index in [1.807, 2.05) is 19.1 Å². The number of hydrogen-bond acceptors (Lipinski definition) is 3. The van der Waals surface area contributed by atoms with Crippen LogP contribution >= 0.6 is 31.9 Å². The first-order valence-electron chi connectivity index (χ1n) is 6.01. The Hall–Kier alpha value is -0.590. The lowest BCUT2D eigenvalue weighted by Gasteiger charge is -2.45. The van der Waals surface area contributed by atoms with Crippen LogP contribution in [0.25, 0.3) is 0 Å². The van der Waals surface area contributed by atoms with Gasteiger partial charge in [-0.15, -0.1) is 0 Å². The molecule has 1 amide bonds. The molecule has 1 aromatic carbocycles. The second-order valence-corrected chi connectivity index (χ2v) is 6.46. The van der Waals surface area contributed by atoms with E-state index in [0.29, 0.717) is 25.3 Å². The maximum absolute atomic E-state index is 11.8. The third-order valence-corrected chi connectivity index (χ3v) is 4.34. The number of benzene rings is 1. The number of likely N-dealkylation sites (tertiary alicyclic amines) is 1. The molecule has 1 N–H and O–H groups in total. The van der Waals surface area contributed by atoms with Crippen molar-refractivity contribution in [1.29, 1.82) is 0 Å². The lowest BCUT2D eigenvalue weighted by atomic mass is 9.91. The molecule has 0 aliphatic carbocycles. The first kappa shape index (κ1) is 14.8. The lowest BCUT2D eigenvalue weighted by molar-refractivity contribution is -0.157. The zero-order valence-electron chi connectivity index (χ0n) is 10.5. The summed E-state index contributed by atoms with van der Waals surface area (Å²) in [5.41, 5.74) is -0.701. The quantitative estimate of drug-likeness (QED) is 0.856. The minimum absolute atomic E-state index is 0.0139. The van der Waals surface area contributed by atoms with Gasteiger partial charge in [0, 0.05) is 4.47 Å². The molecule has 1 fully saturated rings. The van der Waals surface area contributed by atoms with Gasteiger partial charge in [0.05, 0.1) is 23.2 Å². The third kappa shape index (κ3) is 3.49. The molecule has 1 aliphatic heterocycles. The highest BCUT2D eigenvalue weighted by Gasteiger charge is 2.41. The molecule has 0 bridgehead atoms. The van der Waals surface area contributed by atoms with Crippen LogP contribution in [0.3, 0.4) is 0 Å². The second-order valence-electron chi connectivity index (χ2n) is 4.69. The van der Waals surface area contributed by atoms with Crippen molar-refractivity contribution in [3.8, 4) is 5.75 Å². The van der Waals surface area contributed by atoms with Gasteiger partial charge in [-0.2, -0.15) is 0 Å². The number of aliphatic hydroxyl groups is 1. The summed E-state index contributed by atoms with van der Waals surface area (Å²) in [4.78, 5) is 13.5. The van der Waals surface area contributed by atoms with Gasteiger partial charge in [0.1, 0.15) is 5.75 Å². The van der Waals surface area contributed by atoms with Crippen molar-refractivity contribution in [3.05, 3.63) is 27.1 Å². The average molecular weight is 393 g/mol. The molecule has 0 aromatic heterocycles. The second kappa shape index (κ2) is 5.81. The van der Waals surface area contributed by atoms with Crippen LogP contribution in [0.15, 0.2) is 27.1 Å². The van der Waals surface area contributed by atoms with Gasteiger partial charge in [0.25, 0.3) is 5.91 Å². The van der Waals surface area contributed by atoms with Crippen LogP contribution in [0.1, 0.15) is 13.3 Å². The van der Waals surface area contributed by atoms with E-state index < -0.39 is 5.60 Å². The Morgan fingerprint density at radius 3 is 2.74 bits per heavy atom. The molecule has 1 aromatic rings. The normalized spacial score (nSPS) is 16.9. The Balaban J connectivity index is 1.85. The zero-order valence-corrected chi connectivity index (χ0v) is 13.7. The van der Waals surface area contributed by atoms with Crippen molar-refractivity contribution in [1.82, 2.24) is 4.90 Å². The largest absolute Gasteiger partial charge is 0.483 e. The Morgan fingerprint density at radius 1 is 1.47 bits per heavy atom. The maximum Gasteiger partial charge on any atom is 0.260 e. The van der Waals surface area contributed by atoms with E-state index in [4.69, 9.17) is 4.74 Å². The number of ether oxygens (including phenoxy) is 1. The average Bonchev–Trinajstić information content (AvgIpc) is 2.33. The minimum atomic E-state index is -0.701. The van der Waals surface area contributed by atoms with Crippen LogP contribution in [-0.4, -0.2) is 41.2 Å². The number of halogens is 2. The van der Waals surface area contributed by atoms with E-state index in [2.05, 4.69) is 31.9 Å². The number of hydrogen-bond donors (Lipinski definition) is 1. The van der Waals surface area contributed by atoms with Crippen molar-refractivity contribution >= 4 is 37.8 Å². The molecule has 2 rings (SSSR count). The van der Waals surface area contributed by atoms with Crippen LogP contribution < -0.4 is 4.74 Å². The molecule has 6 heteroatoms. The molecule has 1 aliphatic rings. The van der Waals surface area contributed by atoms with Crippen molar-refractivity contribution in [2.24, 2.45) is 0 Å². The fraction of sp³-hybridized carbons (Fsp3) is 0.462. The summed E-state index contributed by atoms with van der Waals surface area (Å²) in [6.07, 6.45) is 0.663. The van der Waals surface area contributed by atoms with Crippen molar-refractivity contribution in [2.45, 2.75) is 18.9 Å². The number of carbonyl (C=O) groups excluding carboxylic acids is 1. The predicted octanol–water partition coefficient (Wildman–Crippen LogP) is 2.57. The molecule has 0 atom stereocenters. The van der Waals surface area contributed by atoms with Gasteiger partial charge >= 0.3 is 0 Å². The molecular weight excluding hydrogens is 378 g/mol. The first-order chi connectivity index (χ1) is 8.93. The lowest BCUT2D eigenvalue weighted by Crippen LogP contribution is -2.63. The Kier molecular flexibility index (Phi) is 4.53. The summed E-state index contributed by atoms with van der Waals surface area (Å²) < 4.78 is 7.21. The van der Waals surface area contributed by atoms with E-state index in [0.717, 1.165) is 8.95 Å². The Bertz CT molecular complexity index is 487. The van der Waals surface area contributed by atoms with E-state index in [-0.39, 0.29) is 12.5 Å². The third-order valence-electron chi connectivity index (χ3n) is 3.23. The van der Waals surface area contributed by atoms with E-state index in [1.165, 1.54) is 0 Å². The van der Waals surface area contributed by atoms with Crippen LogP contribution in [0, 0.1) is 0 Å². The monoisotopic (exact) mass is 391 g/mol. The smallest absolute Gasteiger partial charge is 0.260 e. The van der Waals surface area contributed by atoms with Crippen LogP contribution in [-0.2, 0) is 4.79 Å². The summed E-state index contributed by atoms with van der Waals surface area (Å²) >= 11 is 6.73. The van der Waals surface area contributed by atoms with Crippen molar-refractivity contribution < 1.29 is 14.6 Å². The predicted molar refractivity (Wildman–Crippen MR) is 79.2 cm³/mol. The van der Waals surface area contributed by atoms with Gasteiger partial charge < -0.3 is 14.7 Å². The Labute approximate surface area is 129 Å². The maximum atomic E-state index is 11.8. The van der Waals surface area contributed by atoms with Crippen molar-refractivity contribution in [3.63, 3.8) is 0 Å². The summed E-state index contributed by atoms with van der Waals surface area (Å²) in [7, 11) is 0. The van der Waals surface area contributed by atoms with E-state index >= 15 is 0 Å². The van der Waals surface area contributed by atoms with Gasteiger partial charge in [-0.3, -0.25) is 4.79 Å². The molecule has 19 heavy (non-hydrogen) atoms. The summed E-state index contributed by atoms with van der Waals surface area (Å²) in [6, 6.07) is 5.50. The standard InChI is InChI=1S/C13H15Br2NO3/c1-2-13(18)7-16(8-13)12(17)6-19-11-4-3-9(14)5-10(11)15/h3-5,18H,2,6-8H2,1H3. The van der Waals surface area contributed by atoms with Gasteiger partial charge in [0.2, 0.25) is 0 Å². The number of β-amino-alcohol motifs (C(OH)–C–C–N with tert-alkyl or cyclic N) is 1. The fourth-order valence-corrected chi connectivity index (χ4v) is 3.05. The van der Waals surface area contributed by atoms with Gasteiger partial charge in [0.15, 0.2) is 6.61 Å². The highest BCUT2D eigenvalue weighted by atomic mass is 79.9. The molecule has 0 saturated carbocycles. The molecular formula is C13H15Br2NO3. The topological polar surface area (TPSA) is 49.8 Å². The summed E-state index contributed by atoms with van der Waals surface area (Å²) in [5, 5.41) is 9.85. The van der Waals surface area contributed by atoms with Crippen LogP contribution in [0.5, 0.6) is 5.75 Å². The molecule has 1 heterocycles. The number of nitrogens with zero attached hydrogens (tertiary/aromatic N) is 1. The van der Waals surface area contributed by atoms with Crippen LogP contribution in [0.2, 0.25) is 0 Å². The highest BCUT2D eigenvalue weighted by Crippen LogP contribution is 2.29. The van der Waals surface area contributed by atoms with Crippen LogP contribution in [0.4, 0.5) is 0 Å². The molecule has 104 valence electrons. The summed E-state index contributed by atoms with van der Waals surface area (Å²) in [5.74, 6) is 0.524. The number of carbonyl (C=O) groups is 1. The van der Waals surface area contributed by atoms with E-state index in [1.54, 1.807) is 11.0 Å². The SMILES string of the molecule is CCC1(O)CN(C(=O)COc2ccc(Br)cc2Br)C1. The van der Waals surface area contributed by atoms with Gasteiger partial charge in [-0.1, -0.05) is 22.9 Å². The zero-order chi connectivity index (χ0) is 14.0. The molecule has 0 unspecified atom stereocenters. The number of rotatable bonds is 4. The van der Waals surface area contributed by atoms with Gasteiger partial charge in [-0.25, -0.2) is 0 Å². The Morgan fingerprint density at radius 2 is 2.16 bits per heavy atom. The number of amides is 1. The van der Waals surface area contributed by atoms with E-state index in [9.17, 15) is 9.90 Å². The molecule has 4 nitrogen and oxygen atoms in total. The molecule has 0 radical (unpaired) electrons. The highest BCUT2D eigenvalue weighted by molar-refractivity contribution is 9.11. The first-order valence-corrected chi connectivity index (χ1v) is 7.60. The molecule has 0 spiro atoms. The van der Waals surface area contributed by atoms with Gasteiger partial charge in [-0.05, 0) is 40.5 Å². The summed E-state index contributed by atoms with van der Waals surface area (Å²) in [6.45, 7) is 2.69. The molecule has 1 saturated heterocycles. The fourth-order valence-electron chi connectivity index (χ4n) is 1.89. The van der Waals surface area contributed by atoms with Crippen molar-refractivity contribution in [2.75, 3.05) is 19.7 Å². The minimum Gasteiger partial charge on any atom is -0.483 e.